The summed E-state index contributed by atoms with van der Waals surface area (Å²) >= 11 is 0. The topological polar surface area (TPSA) is 73.1 Å². The molecule has 0 unspecified atom stereocenters. The van der Waals surface area contributed by atoms with Crippen LogP contribution >= 0.6 is 0 Å². The number of aliphatic hydroxyl groups is 1. The molecular weight excluding hydrogens is 328 g/mol. The highest BCUT2D eigenvalue weighted by Crippen LogP contribution is 2.34. The van der Waals surface area contributed by atoms with Gasteiger partial charge in [0.15, 0.2) is 5.84 Å². The molecule has 1 aliphatic heterocycles. The highest BCUT2D eigenvalue weighted by molar-refractivity contribution is 6.32. The molecule has 0 saturated carbocycles. The van der Waals surface area contributed by atoms with Gasteiger partial charge in [0, 0.05) is 6.54 Å². The van der Waals surface area contributed by atoms with Crippen LogP contribution in [-0.2, 0) is 4.79 Å². The third kappa shape index (κ3) is 3.05. The van der Waals surface area contributed by atoms with Crippen LogP contribution in [0.1, 0.15) is 25.0 Å². The third-order valence-electron chi connectivity index (χ3n) is 4.26. The smallest absolute Gasteiger partial charge is 0.287 e. The maximum absolute atomic E-state index is 12.7. The number of rotatable bonds is 3. The van der Waals surface area contributed by atoms with E-state index in [0.29, 0.717) is 22.7 Å². The zero-order valence-electron chi connectivity index (χ0n) is 14.7. The second-order valence-electron chi connectivity index (χ2n) is 5.87. The van der Waals surface area contributed by atoms with Crippen molar-refractivity contribution in [3.63, 3.8) is 0 Å². The van der Waals surface area contributed by atoms with Crippen molar-refractivity contribution in [1.29, 1.82) is 0 Å². The Labute approximate surface area is 152 Å². The van der Waals surface area contributed by atoms with Gasteiger partial charge in [0.05, 0.1) is 11.1 Å². The van der Waals surface area contributed by atoms with Crippen LogP contribution in [0, 0.1) is 0 Å². The van der Waals surface area contributed by atoms with Crippen LogP contribution in [0.5, 0.6) is 0 Å². The number of hydrogen-bond acceptors (Lipinski definition) is 4. The van der Waals surface area contributed by atoms with Crippen molar-refractivity contribution in [3.05, 3.63) is 83.1 Å². The highest BCUT2D eigenvalue weighted by atomic mass is 16.5. The van der Waals surface area contributed by atoms with Gasteiger partial charge in [0.1, 0.15) is 5.76 Å². The summed E-state index contributed by atoms with van der Waals surface area (Å²) < 4.78 is 0. The van der Waals surface area contributed by atoms with E-state index in [0.717, 1.165) is 11.1 Å². The summed E-state index contributed by atoms with van der Waals surface area (Å²) in [5.74, 6) is -0.832. The Morgan fingerprint density at radius 2 is 1.62 bits per heavy atom. The zero-order valence-corrected chi connectivity index (χ0v) is 14.7. The third-order valence-corrected chi connectivity index (χ3v) is 4.26. The lowest BCUT2D eigenvalue weighted by molar-refractivity contribution is -0.142. The normalized spacial score (nSPS) is 18.5. The maximum atomic E-state index is 12.7. The first kappa shape index (κ1) is 17.6. The molecule has 0 fully saturated rings. The fourth-order valence-electron chi connectivity index (χ4n) is 2.98. The molecule has 2 N–H and O–H groups in total. The number of carbonyl (C=O) groups is 1. The lowest BCUT2D eigenvalue weighted by Gasteiger charge is -2.28. The molecule has 1 amide bonds. The number of hydroxylamine groups is 2. The number of aliphatic hydroxyl groups excluding tert-OH is 1. The summed E-state index contributed by atoms with van der Waals surface area (Å²) in [6.07, 6.45) is 0. The molecule has 0 radical (unpaired) electrons. The number of carbonyl (C=O) groups excluding carboxylic acids is 1. The van der Waals surface area contributed by atoms with E-state index in [1.54, 1.807) is 31.2 Å². The molecule has 2 aromatic rings. The maximum Gasteiger partial charge on any atom is 0.287 e. The summed E-state index contributed by atoms with van der Waals surface area (Å²) in [4.78, 5) is 16.9. The molecule has 1 aliphatic rings. The fourth-order valence-corrected chi connectivity index (χ4v) is 2.98. The van der Waals surface area contributed by atoms with Crippen molar-refractivity contribution in [1.82, 2.24) is 5.06 Å². The second-order valence-corrected chi connectivity index (χ2v) is 5.87. The Balaban J connectivity index is 2.32. The molecule has 0 bridgehead atoms. The van der Waals surface area contributed by atoms with Crippen molar-refractivity contribution in [2.24, 2.45) is 4.99 Å². The molecule has 0 saturated heterocycles. The average molecular weight is 348 g/mol. The van der Waals surface area contributed by atoms with E-state index in [2.05, 4.69) is 4.99 Å². The minimum Gasteiger partial charge on any atom is -0.506 e. The molecule has 5 nitrogen and oxygen atoms in total. The van der Waals surface area contributed by atoms with E-state index in [9.17, 15) is 15.1 Å². The van der Waals surface area contributed by atoms with E-state index < -0.39 is 5.91 Å². The summed E-state index contributed by atoms with van der Waals surface area (Å²) in [5, 5.41) is 22.0. The average Bonchev–Trinajstić information content (AvgIpc) is 2.67. The van der Waals surface area contributed by atoms with Crippen molar-refractivity contribution in [2.45, 2.75) is 13.8 Å². The number of aliphatic imine (C=N–C) groups is 1. The first-order chi connectivity index (χ1) is 12.6. The largest absolute Gasteiger partial charge is 0.506 e. The van der Waals surface area contributed by atoms with Crippen LogP contribution in [0.15, 0.2) is 77.0 Å². The number of allylic oxidation sites excluding steroid dienone is 1. The SMILES string of the molecule is CCN=C1/C(=C(\C)c2ccccc2)C(O)=C(c2ccccc2)C(=O)N1O. The predicted octanol–water partition coefficient (Wildman–Crippen LogP) is 4.08. The number of hydrogen-bond donors (Lipinski definition) is 2. The van der Waals surface area contributed by atoms with E-state index >= 15 is 0 Å². The Morgan fingerprint density at radius 1 is 1.04 bits per heavy atom. The van der Waals surface area contributed by atoms with E-state index in [-0.39, 0.29) is 17.2 Å². The summed E-state index contributed by atoms with van der Waals surface area (Å²) in [5.41, 5.74) is 2.51. The minimum absolute atomic E-state index is 0.0495. The summed E-state index contributed by atoms with van der Waals surface area (Å²) in [6, 6.07) is 18.3. The van der Waals surface area contributed by atoms with Gasteiger partial charge in [-0.05, 0) is 30.5 Å². The van der Waals surface area contributed by atoms with Crippen LogP contribution in [0.4, 0.5) is 0 Å². The van der Waals surface area contributed by atoms with Crippen LogP contribution in [0.3, 0.4) is 0 Å². The van der Waals surface area contributed by atoms with Gasteiger partial charge in [-0.15, -0.1) is 0 Å². The lowest BCUT2D eigenvalue weighted by atomic mass is 9.91. The van der Waals surface area contributed by atoms with Crippen molar-refractivity contribution in [2.75, 3.05) is 6.54 Å². The monoisotopic (exact) mass is 348 g/mol. The van der Waals surface area contributed by atoms with E-state index in [1.165, 1.54) is 0 Å². The van der Waals surface area contributed by atoms with Crippen LogP contribution in [0.25, 0.3) is 11.1 Å². The number of benzene rings is 2. The van der Waals surface area contributed by atoms with Crippen molar-refractivity contribution < 1.29 is 15.1 Å². The molecule has 1 heterocycles. The number of amidine groups is 1. The molecule has 0 atom stereocenters. The molecule has 2 aromatic carbocycles. The molecule has 5 heteroatoms. The first-order valence-corrected chi connectivity index (χ1v) is 8.39. The number of nitrogens with zero attached hydrogens (tertiary/aromatic N) is 2. The van der Waals surface area contributed by atoms with Gasteiger partial charge in [0.2, 0.25) is 0 Å². The van der Waals surface area contributed by atoms with Gasteiger partial charge >= 0.3 is 0 Å². The highest BCUT2D eigenvalue weighted by Gasteiger charge is 2.37. The summed E-state index contributed by atoms with van der Waals surface area (Å²) in [7, 11) is 0. The lowest BCUT2D eigenvalue weighted by Crippen LogP contribution is -2.41. The second kappa shape index (κ2) is 7.37. The molecule has 3 rings (SSSR count). The van der Waals surface area contributed by atoms with Gasteiger partial charge in [-0.1, -0.05) is 60.7 Å². The quantitative estimate of drug-likeness (QED) is 0.821. The van der Waals surface area contributed by atoms with Crippen LogP contribution < -0.4 is 0 Å². The van der Waals surface area contributed by atoms with Crippen molar-refractivity contribution >= 4 is 22.9 Å². The zero-order chi connectivity index (χ0) is 18.7. The van der Waals surface area contributed by atoms with Gasteiger partial charge in [0.25, 0.3) is 5.91 Å². The predicted molar refractivity (Wildman–Crippen MR) is 102 cm³/mol. The van der Waals surface area contributed by atoms with Gasteiger partial charge in [-0.3, -0.25) is 15.0 Å². The Bertz CT molecular complexity index is 913. The number of amides is 1. The summed E-state index contributed by atoms with van der Waals surface area (Å²) in [6.45, 7) is 3.99. The minimum atomic E-state index is -0.703. The van der Waals surface area contributed by atoms with Gasteiger partial charge in [-0.2, -0.15) is 5.06 Å². The van der Waals surface area contributed by atoms with E-state index in [4.69, 9.17) is 0 Å². The van der Waals surface area contributed by atoms with Crippen molar-refractivity contribution in [3.8, 4) is 0 Å². The van der Waals surface area contributed by atoms with E-state index in [1.807, 2.05) is 43.3 Å². The van der Waals surface area contributed by atoms with Crippen LogP contribution in [-0.4, -0.2) is 33.7 Å². The Morgan fingerprint density at radius 3 is 2.19 bits per heavy atom. The van der Waals surface area contributed by atoms with Gasteiger partial charge in [-0.25, -0.2) is 0 Å². The fraction of sp³-hybridized carbons (Fsp3) is 0.143. The standard InChI is InChI=1S/C21H20N2O3/c1-3-22-20-17(14(2)15-10-6-4-7-11-15)19(24)18(21(25)23(20)26)16-12-8-5-9-13-16/h4-13,24,26H,3H2,1-2H3/b17-14+,22-20?. The molecule has 0 spiro atoms. The molecule has 0 aliphatic carbocycles. The molecule has 26 heavy (non-hydrogen) atoms. The Hall–Kier alpha value is -3.18. The first-order valence-electron chi connectivity index (χ1n) is 8.39. The Kier molecular flexibility index (Phi) is 5.00. The van der Waals surface area contributed by atoms with Crippen LogP contribution in [0.2, 0.25) is 0 Å². The molecule has 132 valence electrons. The molecular formula is C21H20N2O3. The molecule has 0 aromatic heterocycles. The van der Waals surface area contributed by atoms with Gasteiger partial charge < -0.3 is 5.11 Å².